The summed E-state index contributed by atoms with van der Waals surface area (Å²) in [6.07, 6.45) is 0.786. The number of amides is 2. The summed E-state index contributed by atoms with van der Waals surface area (Å²) in [6, 6.07) is 26.0. The lowest BCUT2D eigenvalue weighted by atomic mass is 10.1. The number of benzene rings is 4. The predicted octanol–water partition coefficient (Wildman–Crippen LogP) is 6.15. The first-order chi connectivity index (χ1) is 17.4. The zero-order valence-corrected chi connectivity index (χ0v) is 20.3. The summed E-state index contributed by atoms with van der Waals surface area (Å²) >= 11 is 0. The van der Waals surface area contributed by atoms with E-state index < -0.39 is 0 Å². The van der Waals surface area contributed by atoms with E-state index in [0.717, 1.165) is 21.9 Å². The number of fused-ring (bicyclic) bond motifs is 1. The fourth-order valence-electron chi connectivity index (χ4n) is 3.96. The number of aryl methyl sites for hydroxylation is 2. The molecule has 0 atom stereocenters. The van der Waals surface area contributed by atoms with E-state index in [1.807, 2.05) is 67.6 Å². The van der Waals surface area contributed by atoms with Crippen molar-refractivity contribution >= 4 is 39.9 Å². The summed E-state index contributed by atoms with van der Waals surface area (Å²) in [5.41, 5.74) is 3.71. The topological polar surface area (TPSA) is 84.5 Å². The van der Waals surface area contributed by atoms with Gasteiger partial charge in [0.1, 0.15) is 0 Å². The van der Waals surface area contributed by atoms with E-state index in [1.165, 1.54) is 0 Å². The van der Waals surface area contributed by atoms with Gasteiger partial charge in [0.2, 0.25) is 0 Å². The molecule has 0 saturated carbocycles. The Labute approximate surface area is 210 Å². The SMILES string of the molecule is CCOC(=O)CCc1cccc(NC(=O)c2cc(C)ccc2NC(=O)c2ccc3ccccc3c2)c1. The zero-order valence-electron chi connectivity index (χ0n) is 20.3. The highest BCUT2D eigenvalue weighted by molar-refractivity contribution is 6.13. The maximum Gasteiger partial charge on any atom is 0.306 e. The van der Waals surface area contributed by atoms with Crippen molar-refractivity contribution in [3.63, 3.8) is 0 Å². The molecule has 4 aromatic rings. The van der Waals surface area contributed by atoms with Gasteiger partial charge in [-0.3, -0.25) is 14.4 Å². The lowest BCUT2D eigenvalue weighted by molar-refractivity contribution is -0.143. The second-order valence-electron chi connectivity index (χ2n) is 8.52. The number of hydrogen-bond donors (Lipinski definition) is 2. The van der Waals surface area contributed by atoms with Crippen LogP contribution in [0.25, 0.3) is 10.8 Å². The molecule has 2 N–H and O–H groups in total. The molecule has 2 amide bonds. The number of anilines is 2. The fraction of sp³-hybridized carbons (Fsp3) is 0.167. The van der Waals surface area contributed by atoms with Crippen molar-refractivity contribution in [3.8, 4) is 0 Å². The van der Waals surface area contributed by atoms with Gasteiger partial charge in [-0.2, -0.15) is 0 Å². The Morgan fingerprint density at radius 2 is 1.58 bits per heavy atom. The molecule has 0 aliphatic rings. The van der Waals surface area contributed by atoms with Gasteiger partial charge >= 0.3 is 5.97 Å². The van der Waals surface area contributed by atoms with E-state index in [0.29, 0.717) is 35.5 Å². The van der Waals surface area contributed by atoms with Crippen LogP contribution in [-0.2, 0) is 16.0 Å². The Morgan fingerprint density at radius 1 is 0.778 bits per heavy atom. The second-order valence-corrected chi connectivity index (χ2v) is 8.52. The van der Waals surface area contributed by atoms with Crippen LogP contribution in [0.2, 0.25) is 0 Å². The second kappa shape index (κ2) is 11.3. The molecule has 0 radical (unpaired) electrons. The molecule has 0 unspecified atom stereocenters. The molecule has 6 heteroatoms. The van der Waals surface area contributed by atoms with Gasteiger partial charge in [0.05, 0.1) is 17.9 Å². The van der Waals surface area contributed by atoms with Gasteiger partial charge in [-0.15, -0.1) is 0 Å². The Kier molecular flexibility index (Phi) is 7.75. The molecule has 0 heterocycles. The normalized spacial score (nSPS) is 10.6. The van der Waals surface area contributed by atoms with Crippen LogP contribution in [0.3, 0.4) is 0 Å². The number of hydrogen-bond acceptors (Lipinski definition) is 4. The number of carbonyl (C=O) groups excluding carboxylic acids is 3. The Hall–Kier alpha value is -4.45. The van der Waals surface area contributed by atoms with Crippen LogP contribution in [0.1, 0.15) is 45.2 Å². The van der Waals surface area contributed by atoms with Crippen LogP contribution in [0.4, 0.5) is 11.4 Å². The highest BCUT2D eigenvalue weighted by Crippen LogP contribution is 2.22. The molecular formula is C30H28N2O4. The van der Waals surface area contributed by atoms with Crippen LogP contribution in [0.5, 0.6) is 0 Å². The zero-order chi connectivity index (χ0) is 25.5. The van der Waals surface area contributed by atoms with Crippen LogP contribution < -0.4 is 10.6 Å². The first-order valence-corrected chi connectivity index (χ1v) is 11.9. The molecule has 0 bridgehead atoms. The van der Waals surface area contributed by atoms with Gasteiger partial charge in [0.25, 0.3) is 11.8 Å². The van der Waals surface area contributed by atoms with Crippen molar-refractivity contribution in [2.24, 2.45) is 0 Å². The number of carbonyl (C=O) groups is 3. The van der Waals surface area contributed by atoms with Gasteiger partial charge in [0, 0.05) is 17.7 Å². The fourth-order valence-corrected chi connectivity index (χ4v) is 3.96. The third kappa shape index (κ3) is 6.16. The molecule has 0 saturated heterocycles. The first-order valence-electron chi connectivity index (χ1n) is 11.9. The minimum Gasteiger partial charge on any atom is -0.466 e. The van der Waals surface area contributed by atoms with Crippen LogP contribution in [0.15, 0.2) is 84.9 Å². The highest BCUT2D eigenvalue weighted by Gasteiger charge is 2.16. The van der Waals surface area contributed by atoms with E-state index in [2.05, 4.69) is 10.6 Å². The van der Waals surface area contributed by atoms with Gasteiger partial charge in [-0.25, -0.2) is 0 Å². The maximum atomic E-state index is 13.2. The van der Waals surface area contributed by atoms with Gasteiger partial charge in [0.15, 0.2) is 0 Å². The van der Waals surface area contributed by atoms with Crippen molar-refractivity contribution < 1.29 is 19.1 Å². The molecular weight excluding hydrogens is 452 g/mol. The largest absolute Gasteiger partial charge is 0.466 e. The number of esters is 1. The summed E-state index contributed by atoms with van der Waals surface area (Å²) in [6.45, 7) is 4.02. The molecule has 0 aromatic heterocycles. The minimum atomic E-state index is -0.338. The minimum absolute atomic E-state index is 0.251. The highest BCUT2D eigenvalue weighted by atomic mass is 16.5. The molecule has 4 aromatic carbocycles. The Morgan fingerprint density at radius 3 is 2.39 bits per heavy atom. The molecule has 0 aliphatic heterocycles. The van der Waals surface area contributed by atoms with E-state index in [4.69, 9.17) is 4.74 Å². The standard InChI is InChI=1S/C30H28N2O4/c1-3-36-28(33)16-12-21-7-6-10-25(18-21)31-30(35)26-17-20(2)11-15-27(26)32-29(34)24-14-13-22-8-4-5-9-23(22)19-24/h4-11,13-15,17-19H,3,12,16H2,1-2H3,(H,31,35)(H,32,34). The molecule has 182 valence electrons. The van der Waals surface area contributed by atoms with Crippen LogP contribution in [-0.4, -0.2) is 24.4 Å². The summed E-state index contributed by atoms with van der Waals surface area (Å²) in [7, 11) is 0. The third-order valence-electron chi connectivity index (χ3n) is 5.79. The molecule has 0 spiro atoms. The Bertz CT molecular complexity index is 1430. The maximum absolute atomic E-state index is 13.2. The van der Waals surface area contributed by atoms with Crippen molar-refractivity contribution in [3.05, 3.63) is 107 Å². The summed E-state index contributed by atoms with van der Waals surface area (Å²) in [5.74, 6) is -0.881. The molecule has 6 nitrogen and oxygen atoms in total. The van der Waals surface area contributed by atoms with Crippen molar-refractivity contribution in [2.45, 2.75) is 26.7 Å². The summed E-state index contributed by atoms with van der Waals surface area (Å²) in [4.78, 5) is 37.9. The molecule has 0 fully saturated rings. The quantitative estimate of drug-likeness (QED) is 0.296. The van der Waals surface area contributed by atoms with Gasteiger partial charge in [-0.1, -0.05) is 54.1 Å². The average molecular weight is 481 g/mol. The molecule has 0 aliphatic carbocycles. The molecule has 36 heavy (non-hydrogen) atoms. The van der Waals surface area contributed by atoms with Crippen LogP contribution >= 0.6 is 0 Å². The average Bonchev–Trinajstić information content (AvgIpc) is 2.88. The number of rotatable bonds is 8. The smallest absolute Gasteiger partial charge is 0.306 e. The van der Waals surface area contributed by atoms with Crippen molar-refractivity contribution in [1.29, 1.82) is 0 Å². The van der Waals surface area contributed by atoms with Crippen molar-refractivity contribution in [2.75, 3.05) is 17.2 Å². The molecule has 4 rings (SSSR count). The van der Waals surface area contributed by atoms with E-state index in [-0.39, 0.29) is 24.2 Å². The summed E-state index contributed by atoms with van der Waals surface area (Å²) in [5, 5.41) is 7.82. The van der Waals surface area contributed by atoms with E-state index in [9.17, 15) is 14.4 Å². The van der Waals surface area contributed by atoms with Gasteiger partial charge < -0.3 is 15.4 Å². The summed E-state index contributed by atoms with van der Waals surface area (Å²) < 4.78 is 4.98. The number of nitrogens with one attached hydrogen (secondary N) is 2. The lowest BCUT2D eigenvalue weighted by Gasteiger charge is -2.13. The third-order valence-corrected chi connectivity index (χ3v) is 5.79. The monoisotopic (exact) mass is 480 g/mol. The van der Waals surface area contributed by atoms with E-state index in [1.54, 1.807) is 31.2 Å². The Balaban J connectivity index is 1.50. The van der Waals surface area contributed by atoms with E-state index >= 15 is 0 Å². The van der Waals surface area contributed by atoms with Gasteiger partial charge in [-0.05, 0) is 73.0 Å². The van der Waals surface area contributed by atoms with Crippen molar-refractivity contribution in [1.82, 2.24) is 0 Å². The predicted molar refractivity (Wildman–Crippen MR) is 142 cm³/mol. The number of ether oxygens (including phenoxy) is 1. The van der Waals surface area contributed by atoms with Crippen LogP contribution in [0, 0.1) is 6.92 Å². The first kappa shape index (κ1) is 24.7. The lowest BCUT2D eigenvalue weighted by Crippen LogP contribution is -2.18.